The van der Waals surface area contributed by atoms with Crippen LogP contribution < -0.4 is 10.6 Å². The first-order valence-corrected chi connectivity index (χ1v) is 6.90. The minimum Gasteiger partial charge on any atom is -0.396 e. The van der Waals surface area contributed by atoms with Crippen molar-refractivity contribution in [3.8, 4) is 0 Å². The van der Waals surface area contributed by atoms with Crippen LogP contribution in [0.15, 0.2) is 24.3 Å². The first-order valence-electron chi connectivity index (χ1n) is 6.90. The van der Waals surface area contributed by atoms with E-state index in [1.807, 2.05) is 38.1 Å². The van der Waals surface area contributed by atoms with Crippen LogP contribution in [0, 0.1) is 5.41 Å². The molecule has 4 heteroatoms. The highest BCUT2D eigenvalue weighted by Gasteiger charge is 2.17. The number of nitrogens with one attached hydrogen (secondary N) is 2. The van der Waals surface area contributed by atoms with Gasteiger partial charge in [0, 0.05) is 24.3 Å². The first kappa shape index (κ1) is 16.5. The van der Waals surface area contributed by atoms with Gasteiger partial charge < -0.3 is 15.7 Å². The van der Waals surface area contributed by atoms with Gasteiger partial charge in [0.05, 0.1) is 0 Å². The van der Waals surface area contributed by atoms with Gasteiger partial charge >= 0.3 is 6.03 Å². The maximum absolute atomic E-state index is 11.8. The second-order valence-corrected chi connectivity index (χ2v) is 6.96. The number of benzene rings is 1. The molecule has 2 amide bonds. The SMILES string of the molecule is CC(C)(CO)CNC(=O)Nc1ccc(C(C)(C)C)cc1. The normalized spacial score (nSPS) is 12.1. The summed E-state index contributed by atoms with van der Waals surface area (Å²) in [6.07, 6.45) is 0. The van der Waals surface area contributed by atoms with Gasteiger partial charge in [0.15, 0.2) is 0 Å². The summed E-state index contributed by atoms with van der Waals surface area (Å²) < 4.78 is 0. The number of urea groups is 1. The van der Waals surface area contributed by atoms with Crippen molar-refractivity contribution in [2.45, 2.75) is 40.0 Å². The highest BCUT2D eigenvalue weighted by Crippen LogP contribution is 2.23. The van der Waals surface area contributed by atoms with Gasteiger partial charge in [-0.05, 0) is 23.1 Å². The van der Waals surface area contributed by atoms with Gasteiger partial charge in [-0.1, -0.05) is 46.8 Å². The molecule has 3 N–H and O–H groups in total. The molecule has 0 saturated heterocycles. The monoisotopic (exact) mass is 278 g/mol. The Hall–Kier alpha value is -1.55. The maximum Gasteiger partial charge on any atom is 0.319 e. The lowest BCUT2D eigenvalue weighted by Crippen LogP contribution is -2.38. The topological polar surface area (TPSA) is 61.4 Å². The van der Waals surface area contributed by atoms with Crippen LogP contribution in [0.5, 0.6) is 0 Å². The molecule has 4 nitrogen and oxygen atoms in total. The molecule has 0 aliphatic heterocycles. The first-order chi connectivity index (χ1) is 9.14. The summed E-state index contributed by atoms with van der Waals surface area (Å²) in [4.78, 5) is 11.8. The molecule has 0 saturated carbocycles. The number of carbonyl (C=O) groups is 1. The third-order valence-electron chi connectivity index (χ3n) is 3.16. The summed E-state index contributed by atoms with van der Waals surface area (Å²) in [5.74, 6) is 0. The molecule has 0 aromatic heterocycles. The number of hydrogen-bond donors (Lipinski definition) is 3. The van der Waals surface area contributed by atoms with Gasteiger partial charge in [-0.2, -0.15) is 0 Å². The zero-order chi connectivity index (χ0) is 15.4. The number of aliphatic hydroxyl groups is 1. The molecular weight excluding hydrogens is 252 g/mol. The van der Waals surface area contributed by atoms with E-state index >= 15 is 0 Å². The summed E-state index contributed by atoms with van der Waals surface area (Å²) in [5, 5.41) is 14.7. The Morgan fingerprint density at radius 2 is 1.65 bits per heavy atom. The van der Waals surface area contributed by atoms with Gasteiger partial charge in [-0.3, -0.25) is 0 Å². The third-order valence-corrected chi connectivity index (χ3v) is 3.16. The maximum atomic E-state index is 11.8. The Balaban J connectivity index is 2.55. The van der Waals surface area contributed by atoms with E-state index in [4.69, 9.17) is 5.11 Å². The van der Waals surface area contributed by atoms with Crippen LogP contribution >= 0.6 is 0 Å². The van der Waals surface area contributed by atoms with Crippen molar-refractivity contribution in [2.75, 3.05) is 18.5 Å². The highest BCUT2D eigenvalue weighted by molar-refractivity contribution is 5.89. The lowest BCUT2D eigenvalue weighted by Gasteiger charge is -2.22. The van der Waals surface area contributed by atoms with Crippen LogP contribution in [0.4, 0.5) is 10.5 Å². The lowest BCUT2D eigenvalue weighted by molar-refractivity contribution is 0.158. The molecule has 0 fully saturated rings. The van der Waals surface area contributed by atoms with E-state index in [1.54, 1.807) is 0 Å². The Kier molecular flexibility index (Phi) is 5.17. The molecule has 0 aliphatic rings. The fourth-order valence-electron chi connectivity index (χ4n) is 1.60. The summed E-state index contributed by atoms with van der Waals surface area (Å²) in [7, 11) is 0. The average Bonchev–Trinajstić information content (AvgIpc) is 2.36. The average molecular weight is 278 g/mol. The molecule has 0 radical (unpaired) electrons. The van der Waals surface area contributed by atoms with E-state index in [1.165, 1.54) is 5.56 Å². The molecule has 1 aromatic rings. The van der Waals surface area contributed by atoms with Crippen molar-refractivity contribution < 1.29 is 9.90 Å². The van der Waals surface area contributed by atoms with Crippen molar-refractivity contribution in [1.82, 2.24) is 5.32 Å². The Morgan fingerprint density at radius 3 is 2.10 bits per heavy atom. The molecule has 0 spiro atoms. The largest absolute Gasteiger partial charge is 0.396 e. The quantitative estimate of drug-likeness (QED) is 0.792. The predicted molar refractivity (Wildman–Crippen MR) is 83.0 cm³/mol. The van der Waals surface area contributed by atoms with Gasteiger partial charge in [-0.25, -0.2) is 4.79 Å². The molecule has 20 heavy (non-hydrogen) atoms. The van der Waals surface area contributed by atoms with Crippen molar-refractivity contribution in [2.24, 2.45) is 5.41 Å². The van der Waals surface area contributed by atoms with Gasteiger partial charge in [0.25, 0.3) is 0 Å². The Morgan fingerprint density at radius 1 is 1.10 bits per heavy atom. The molecule has 0 unspecified atom stereocenters. The number of rotatable bonds is 4. The molecule has 1 aromatic carbocycles. The van der Waals surface area contributed by atoms with Crippen molar-refractivity contribution in [1.29, 1.82) is 0 Å². The number of hydrogen-bond acceptors (Lipinski definition) is 2. The zero-order valence-electron chi connectivity index (χ0n) is 13.1. The van der Waals surface area contributed by atoms with Gasteiger partial charge in [-0.15, -0.1) is 0 Å². The van der Waals surface area contributed by atoms with Crippen molar-refractivity contribution in [3.05, 3.63) is 29.8 Å². The van der Waals surface area contributed by atoms with Crippen molar-refractivity contribution >= 4 is 11.7 Å². The van der Waals surface area contributed by atoms with Crippen LogP contribution in [0.3, 0.4) is 0 Å². The Labute approximate surface area is 121 Å². The Bertz CT molecular complexity index is 445. The number of anilines is 1. The second kappa shape index (κ2) is 6.27. The highest BCUT2D eigenvalue weighted by atomic mass is 16.3. The van der Waals surface area contributed by atoms with Crippen LogP contribution in [0.1, 0.15) is 40.2 Å². The summed E-state index contributed by atoms with van der Waals surface area (Å²) >= 11 is 0. The van der Waals surface area contributed by atoms with Gasteiger partial charge in [0.1, 0.15) is 0 Å². The fourth-order valence-corrected chi connectivity index (χ4v) is 1.60. The van der Waals surface area contributed by atoms with Crippen molar-refractivity contribution in [3.63, 3.8) is 0 Å². The predicted octanol–water partition coefficient (Wildman–Crippen LogP) is 3.12. The second-order valence-electron chi connectivity index (χ2n) is 6.96. The number of amides is 2. The third kappa shape index (κ3) is 5.21. The molecule has 1 rings (SSSR count). The van der Waals surface area contributed by atoms with E-state index in [2.05, 4.69) is 31.4 Å². The molecule has 0 bridgehead atoms. The van der Waals surface area contributed by atoms with Crippen LogP contribution in [0.2, 0.25) is 0 Å². The van der Waals surface area contributed by atoms with Gasteiger partial charge in [0.2, 0.25) is 0 Å². The molecule has 112 valence electrons. The lowest BCUT2D eigenvalue weighted by atomic mass is 9.87. The van der Waals surface area contributed by atoms with E-state index in [0.29, 0.717) is 6.54 Å². The van der Waals surface area contributed by atoms with Crippen LogP contribution in [-0.4, -0.2) is 24.3 Å². The summed E-state index contributed by atoms with van der Waals surface area (Å²) in [6, 6.07) is 7.59. The number of aliphatic hydroxyl groups excluding tert-OH is 1. The van der Waals surface area contributed by atoms with E-state index in [9.17, 15) is 4.79 Å². The number of carbonyl (C=O) groups excluding carboxylic acids is 1. The van der Waals surface area contributed by atoms with Crippen LogP contribution in [-0.2, 0) is 5.41 Å². The minimum absolute atomic E-state index is 0.0353. The minimum atomic E-state index is -0.312. The van der Waals surface area contributed by atoms with E-state index < -0.39 is 0 Å². The van der Waals surface area contributed by atoms with Crippen LogP contribution in [0.25, 0.3) is 0 Å². The summed E-state index contributed by atoms with van der Waals surface area (Å²) in [6.45, 7) is 10.7. The smallest absolute Gasteiger partial charge is 0.319 e. The zero-order valence-corrected chi connectivity index (χ0v) is 13.1. The van der Waals surface area contributed by atoms with E-state index in [0.717, 1.165) is 5.69 Å². The van der Waals surface area contributed by atoms with E-state index in [-0.39, 0.29) is 23.5 Å². The molecule has 0 heterocycles. The fraction of sp³-hybridized carbons (Fsp3) is 0.562. The molecule has 0 aliphatic carbocycles. The molecular formula is C16H26N2O2. The summed E-state index contributed by atoms with van der Waals surface area (Å²) in [5.41, 5.74) is 1.78. The standard InChI is InChI=1S/C16H26N2O2/c1-15(2,3)12-6-8-13(9-7-12)18-14(20)17-10-16(4,5)11-19/h6-9,19H,10-11H2,1-5H3,(H2,17,18,20). The molecule has 0 atom stereocenters.